The van der Waals surface area contributed by atoms with Gasteiger partial charge < -0.3 is 9.52 Å². The second-order valence-electron chi connectivity index (χ2n) is 4.26. The molecule has 106 valence electrons. The van der Waals surface area contributed by atoms with Crippen LogP contribution in [-0.4, -0.2) is 15.3 Å². The van der Waals surface area contributed by atoms with Crippen molar-refractivity contribution in [2.45, 2.75) is 10.6 Å². The van der Waals surface area contributed by atoms with E-state index in [1.807, 2.05) is 36.4 Å². The molecule has 1 N–H and O–H groups in total. The summed E-state index contributed by atoms with van der Waals surface area (Å²) >= 11 is 4.84. The van der Waals surface area contributed by atoms with E-state index in [2.05, 4.69) is 26.1 Å². The molecule has 6 heteroatoms. The number of hydrogen-bond donors (Lipinski definition) is 1. The standard InChI is InChI=1S/C15H11BrN2O2S/c16-11-7-5-10(6-8-11)15-18-17-14(20-15)9-21-13-4-2-1-3-12(13)19/h1-8,19H,9H2. The Kier molecular flexibility index (Phi) is 4.26. The Hall–Kier alpha value is -1.79. The smallest absolute Gasteiger partial charge is 0.247 e. The average Bonchev–Trinajstić information content (AvgIpc) is 2.96. The van der Waals surface area contributed by atoms with Crippen molar-refractivity contribution >= 4 is 27.7 Å². The van der Waals surface area contributed by atoms with Crippen molar-refractivity contribution in [3.05, 3.63) is 58.9 Å². The molecule has 0 radical (unpaired) electrons. The number of aromatic hydroxyl groups is 1. The minimum absolute atomic E-state index is 0.259. The Morgan fingerprint density at radius 3 is 2.57 bits per heavy atom. The highest BCUT2D eigenvalue weighted by Gasteiger charge is 2.10. The minimum Gasteiger partial charge on any atom is -0.507 e. The van der Waals surface area contributed by atoms with Gasteiger partial charge in [-0.15, -0.1) is 22.0 Å². The first-order valence-electron chi connectivity index (χ1n) is 6.21. The third kappa shape index (κ3) is 3.46. The van der Waals surface area contributed by atoms with E-state index in [9.17, 15) is 5.11 Å². The van der Waals surface area contributed by atoms with Gasteiger partial charge in [0.15, 0.2) is 0 Å². The van der Waals surface area contributed by atoms with E-state index in [4.69, 9.17) is 4.42 Å². The number of benzene rings is 2. The van der Waals surface area contributed by atoms with Gasteiger partial charge in [-0.3, -0.25) is 0 Å². The maximum Gasteiger partial charge on any atom is 0.247 e. The lowest BCUT2D eigenvalue weighted by Crippen LogP contribution is -1.80. The fraction of sp³-hybridized carbons (Fsp3) is 0.0667. The number of para-hydroxylation sites is 1. The Labute approximate surface area is 134 Å². The number of thioether (sulfide) groups is 1. The molecule has 0 aliphatic heterocycles. The molecule has 0 saturated carbocycles. The normalized spacial score (nSPS) is 10.7. The summed E-state index contributed by atoms with van der Waals surface area (Å²) in [4.78, 5) is 0.792. The summed E-state index contributed by atoms with van der Waals surface area (Å²) in [6.45, 7) is 0. The molecule has 2 aromatic carbocycles. The monoisotopic (exact) mass is 362 g/mol. The van der Waals surface area contributed by atoms with Crippen LogP contribution in [0.3, 0.4) is 0 Å². The van der Waals surface area contributed by atoms with E-state index >= 15 is 0 Å². The van der Waals surface area contributed by atoms with Gasteiger partial charge in [-0.05, 0) is 36.4 Å². The van der Waals surface area contributed by atoms with Crippen molar-refractivity contribution in [3.63, 3.8) is 0 Å². The first kappa shape index (κ1) is 14.2. The van der Waals surface area contributed by atoms with Crippen LogP contribution in [0.4, 0.5) is 0 Å². The van der Waals surface area contributed by atoms with Crippen LogP contribution < -0.4 is 0 Å². The largest absolute Gasteiger partial charge is 0.507 e. The highest BCUT2D eigenvalue weighted by atomic mass is 79.9. The van der Waals surface area contributed by atoms with Gasteiger partial charge in [-0.1, -0.05) is 28.1 Å². The Bertz CT molecular complexity index is 743. The third-order valence-corrected chi connectivity index (χ3v) is 4.35. The van der Waals surface area contributed by atoms with Crippen LogP contribution in [0, 0.1) is 0 Å². The van der Waals surface area contributed by atoms with Gasteiger partial charge >= 0.3 is 0 Å². The second kappa shape index (κ2) is 6.32. The summed E-state index contributed by atoms with van der Waals surface area (Å²) in [5.41, 5.74) is 0.879. The van der Waals surface area contributed by atoms with Crippen molar-refractivity contribution in [3.8, 4) is 17.2 Å². The quantitative estimate of drug-likeness (QED) is 0.692. The van der Waals surface area contributed by atoms with Gasteiger partial charge in [-0.25, -0.2) is 0 Å². The zero-order chi connectivity index (χ0) is 14.7. The first-order valence-corrected chi connectivity index (χ1v) is 7.99. The van der Waals surface area contributed by atoms with E-state index in [1.165, 1.54) is 11.8 Å². The van der Waals surface area contributed by atoms with Crippen LogP contribution >= 0.6 is 27.7 Å². The zero-order valence-corrected chi connectivity index (χ0v) is 13.3. The molecular weight excluding hydrogens is 352 g/mol. The summed E-state index contributed by atoms with van der Waals surface area (Å²) in [6, 6.07) is 14.9. The molecule has 0 fully saturated rings. The molecule has 0 spiro atoms. The average molecular weight is 363 g/mol. The molecule has 0 atom stereocenters. The van der Waals surface area contributed by atoms with Crippen molar-refractivity contribution < 1.29 is 9.52 Å². The van der Waals surface area contributed by atoms with Crippen LogP contribution in [0.15, 0.2) is 62.3 Å². The molecule has 3 rings (SSSR count). The molecule has 0 saturated heterocycles. The highest BCUT2D eigenvalue weighted by molar-refractivity contribution is 9.10. The lowest BCUT2D eigenvalue weighted by molar-refractivity contribution is 0.462. The predicted octanol–water partition coefficient (Wildman–Crippen LogP) is 4.50. The van der Waals surface area contributed by atoms with Gasteiger partial charge in [0.05, 0.1) is 5.75 Å². The fourth-order valence-electron chi connectivity index (χ4n) is 1.74. The van der Waals surface area contributed by atoms with Gasteiger partial charge in [-0.2, -0.15) is 0 Å². The van der Waals surface area contributed by atoms with Crippen LogP contribution in [0.2, 0.25) is 0 Å². The van der Waals surface area contributed by atoms with Crippen LogP contribution in [0.1, 0.15) is 5.89 Å². The molecule has 0 unspecified atom stereocenters. The number of phenolic OH excluding ortho intramolecular Hbond substituents is 1. The predicted molar refractivity (Wildman–Crippen MR) is 85.1 cm³/mol. The van der Waals surface area contributed by atoms with Gasteiger partial charge in [0.25, 0.3) is 0 Å². The second-order valence-corrected chi connectivity index (χ2v) is 6.20. The number of phenols is 1. The van der Waals surface area contributed by atoms with Crippen LogP contribution in [-0.2, 0) is 5.75 Å². The number of rotatable bonds is 4. The summed E-state index contributed by atoms with van der Waals surface area (Å²) in [5.74, 6) is 1.80. The molecule has 1 aromatic heterocycles. The van der Waals surface area contributed by atoms with E-state index in [0.29, 0.717) is 17.5 Å². The molecule has 1 heterocycles. The molecule has 3 aromatic rings. The molecule has 0 aliphatic rings. The molecule has 4 nitrogen and oxygen atoms in total. The summed E-state index contributed by atoms with van der Waals surface area (Å²) in [6.07, 6.45) is 0. The third-order valence-electron chi connectivity index (χ3n) is 2.77. The van der Waals surface area contributed by atoms with Crippen molar-refractivity contribution in [1.82, 2.24) is 10.2 Å². The number of aromatic nitrogens is 2. The van der Waals surface area contributed by atoms with E-state index < -0.39 is 0 Å². The van der Waals surface area contributed by atoms with E-state index in [0.717, 1.165) is 14.9 Å². The summed E-state index contributed by atoms with van der Waals surface area (Å²) in [7, 11) is 0. The molecule has 0 bridgehead atoms. The number of hydrogen-bond acceptors (Lipinski definition) is 5. The van der Waals surface area contributed by atoms with Gasteiger partial charge in [0, 0.05) is 14.9 Å². The molecule has 0 aliphatic carbocycles. The minimum atomic E-state index is 0.259. The highest BCUT2D eigenvalue weighted by Crippen LogP contribution is 2.30. The summed E-state index contributed by atoms with van der Waals surface area (Å²) < 4.78 is 6.63. The van der Waals surface area contributed by atoms with E-state index in [-0.39, 0.29) is 5.75 Å². The Morgan fingerprint density at radius 2 is 1.81 bits per heavy atom. The molecule has 21 heavy (non-hydrogen) atoms. The van der Waals surface area contributed by atoms with Crippen molar-refractivity contribution in [2.75, 3.05) is 0 Å². The SMILES string of the molecule is Oc1ccccc1SCc1nnc(-c2ccc(Br)cc2)o1. The summed E-state index contributed by atoms with van der Waals surface area (Å²) in [5, 5.41) is 17.8. The fourth-order valence-corrected chi connectivity index (χ4v) is 2.79. The van der Waals surface area contributed by atoms with Gasteiger partial charge in [0.1, 0.15) is 5.75 Å². The maximum atomic E-state index is 9.71. The molecular formula is C15H11BrN2O2S. The molecule has 0 amide bonds. The Morgan fingerprint density at radius 1 is 1.05 bits per heavy atom. The zero-order valence-electron chi connectivity index (χ0n) is 10.9. The lowest BCUT2D eigenvalue weighted by Gasteiger charge is -2.00. The first-order chi connectivity index (χ1) is 10.2. The van der Waals surface area contributed by atoms with E-state index in [1.54, 1.807) is 12.1 Å². The maximum absolute atomic E-state index is 9.71. The van der Waals surface area contributed by atoms with Crippen LogP contribution in [0.25, 0.3) is 11.5 Å². The lowest BCUT2D eigenvalue weighted by atomic mass is 10.2. The number of nitrogens with zero attached hydrogens (tertiary/aromatic N) is 2. The van der Waals surface area contributed by atoms with Crippen LogP contribution in [0.5, 0.6) is 5.75 Å². The topological polar surface area (TPSA) is 59.2 Å². The Balaban J connectivity index is 1.71. The van der Waals surface area contributed by atoms with Gasteiger partial charge in [0.2, 0.25) is 11.8 Å². The van der Waals surface area contributed by atoms with Crippen molar-refractivity contribution in [2.24, 2.45) is 0 Å². The number of halogens is 1. The van der Waals surface area contributed by atoms with Crippen molar-refractivity contribution in [1.29, 1.82) is 0 Å².